The standard InChI is InChI=1S/C27H27FN4O5/c1-34-10-11-36-23-14-22-19(12-20(23)28)25(30-29-22)24-13-21(31-37-24)17-2-4-18(5-3-17)26(33)32-8-6-27(15-32)7-9-35-16-27/h2-5,12-14H,6-11,15-16H2,1H3,(H,29,30). The molecule has 1 amide bonds. The molecule has 1 spiro atoms. The van der Waals surface area contributed by atoms with Gasteiger partial charge >= 0.3 is 0 Å². The highest BCUT2D eigenvalue weighted by Crippen LogP contribution is 2.39. The first kappa shape index (κ1) is 23.6. The van der Waals surface area contributed by atoms with Crippen molar-refractivity contribution in [3.8, 4) is 28.5 Å². The van der Waals surface area contributed by atoms with Crippen molar-refractivity contribution in [1.82, 2.24) is 20.3 Å². The summed E-state index contributed by atoms with van der Waals surface area (Å²) in [5.41, 5.74) is 3.21. The minimum atomic E-state index is -0.504. The van der Waals surface area contributed by atoms with Crippen LogP contribution in [-0.2, 0) is 9.47 Å². The van der Waals surface area contributed by atoms with Crippen molar-refractivity contribution in [2.45, 2.75) is 12.8 Å². The molecular formula is C27H27FN4O5. The molecule has 2 saturated heterocycles. The van der Waals surface area contributed by atoms with Gasteiger partial charge in [0.1, 0.15) is 18.0 Å². The van der Waals surface area contributed by atoms with Crippen LogP contribution in [0, 0.1) is 11.2 Å². The van der Waals surface area contributed by atoms with Gasteiger partial charge in [0, 0.05) is 60.9 Å². The van der Waals surface area contributed by atoms with Crippen LogP contribution < -0.4 is 4.74 Å². The molecule has 2 aliphatic heterocycles. The van der Waals surface area contributed by atoms with Crippen molar-refractivity contribution >= 4 is 16.8 Å². The van der Waals surface area contributed by atoms with Gasteiger partial charge in [0.25, 0.3) is 5.91 Å². The third-order valence-corrected chi connectivity index (χ3v) is 7.24. The first-order valence-electron chi connectivity index (χ1n) is 12.3. The van der Waals surface area contributed by atoms with Crippen molar-refractivity contribution in [3.05, 3.63) is 53.8 Å². The molecule has 6 rings (SSSR count). The first-order chi connectivity index (χ1) is 18.0. The number of halogens is 1. The number of nitrogens with zero attached hydrogens (tertiary/aromatic N) is 3. The number of H-pyrrole nitrogens is 1. The van der Waals surface area contributed by atoms with Crippen molar-refractivity contribution in [3.63, 3.8) is 0 Å². The molecule has 0 aliphatic carbocycles. The van der Waals surface area contributed by atoms with Crippen LogP contribution in [0.4, 0.5) is 4.39 Å². The maximum absolute atomic E-state index is 14.6. The summed E-state index contributed by atoms with van der Waals surface area (Å²) in [7, 11) is 1.55. The summed E-state index contributed by atoms with van der Waals surface area (Å²) >= 11 is 0. The summed E-state index contributed by atoms with van der Waals surface area (Å²) < 4.78 is 36.1. The van der Waals surface area contributed by atoms with Crippen LogP contribution in [0.15, 0.2) is 47.0 Å². The molecule has 2 aliphatic rings. The Labute approximate surface area is 212 Å². The second kappa shape index (κ2) is 9.60. The van der Waals surface area contributed by atoms with Gasteiger partial charge in [-0.25, -0.2) is 4.39 Å². The summed E-state index contributed by atoms with van der Waals surface area (Å²) in [6, 6.07) is 12.0. The molecule has 9 nitrogen and oxygen atoms in total. The summed E-state index contributed by atoms with van der Waals surface area (Å²) in [4.78, 5) is 15.0. The molecule has 192 valence electrons. The quantitative estimate of drug-likeness (QED) is 0.373. The van der Waals surface area contributed by atoms with Crippen LogP contribution in [0.2, 0.25) is 0 Å². The monoisotopic (exact) mass is 506 g/mol. The molecule has 0 saturated carbocycles. The number of carbonyl (C=O) groups is 1. The number of methoxy groups -OCH3 is 1. The fraction of sp³-hybridized carbons (Fsp3) is 0.370. The number of amides is 1. The summed E-state index contributed by atoms with van der Waals surface area (Å²) in [5.74, 6) is 0.0469. The molecule has 2 fully saturated rings. The fourth-order valence-corrected chi connectivity index (χ4v) is 5.12. The van der Waals surface area contributed by atoms with Gasteiger partial charge in [-0.2, -0.15) is 5.10 Å². The lowest BCUT2D eigenvalue weighted by molar-refractivity contribution is 0.0765. The summed E-state index contributed by atoms with van der Waals surface area (Å²) in [6.07, 6.45) is 2.01. The minimum absolute atomic E-state index is 0.0340. The van der Waals surface area contributed by atoms with Crippen LogP contribution in [0.1, 0.15) is 23.2 Å². The van der Waals surface area contributed by atoms with E-state index in [-0.39, 0.29) is 23.7 Å². The molecule has 10 heteroatoms. The van der Waals surface area contributed by atoms with E-state index in [1.165, 1.54) is 6.07 Å². The average molecular weight is 507 g/mol. The van der Waals surface area contributed by atoms with Crippen LogP contribution >= 0.6 is 0 Å². The Bertz CT molecular complexity index is 1420. The number of fused-ring (bicyclic) bond motifs is 1. The zero-order chi connectivity index (χ0) is 25.4. The van der Waals surface area contributed by atoms with E-state index in [4.69, 9.17) is 18.7 Å². The topological polar surface area (TPSA) is 103 Å². The molecule has 1 N–H and O–H groups in total. The Morgan fingerprint density at radius 1 is 1.19 bits per heavy atom. The van der Waals surface area contributed by atoms with Crippen LogP contribution in [-0.4, -0.2) is 72.8 Å². The molecule has 1 atom stereocenters. The summed E-state index contributed by atoms with van der Waals surface area (Å²) in [5, 5.41) is 11.9. The molecule has 2 aromatic carbocycles. The number of benzene rings is 2. The Morgan fingerprint density at radius 2 is 2.05 bits per heavy atom. The van der Waals surface area contributed by atoms with E-state index in [2.05, 4.69) is 15.4 Å². The number of aromatic amines is 1. The highest BCUT2D eigenvalue weighted by atomic mass is 19.1. The number of aromatic nitrogens is 3. The highest BCUT2D eigenvalue weighted by Gasteiger charge is 2.42. The van der Waals surface area contributed by atoms with Gasteiger partial charge in [-0.1, -0.05) is 17.3 Å². The summed E-state index contributed by atoms with van der Waals surface area (Å²) in [6.45, 7) is 3.63. The second-order valence-corrected chi connectivity index (χ2v) is 9.67. The predicted molar refractivity (Wildman–Crippen MR) is 133 cm³/mol. The third-order valence-electron chi connectivity index (χ3n) is 7.24. The van der Waals surface area contributed by atoms with Gasteiger partial charge in [0.05, 0.1) is 18.7 Å². The van der Waals surface area contributed by atoms with E-state index >= 15 is 0 Å². The molecular weight excluding hydrogens is 479 g/mol. The Balaban J connectivity index is 1.18. The van der Waals surface area contributed by atoms with Crippen LogP contribution in [0.25, 0.3) is 33.6 Å². The molecule has 2 aromatic heterocycles. The van der Waals surface area contributed by atoms with E-state index < -0.39 is 5.82 Å². The number of nitrogens with one attached hydrogen (secondary N) is 1. The van der Waals surface area contributed by atoms with E-state index in [1.807, 2.05) is 29.2 Å². The van der Waals surface area contributed by atoms with Gasteiger partial charge in [0.15, 0.2) is 17.3 Å². The van der Waals surface area contributed by atoms with Gasteiger partial charge in [-0.05, 0) is 31.0 Å². The molecule has 4 aromatic rings. The normalized spacial score (nSPS) is 19.4. The van der Waals surface area contributed by atoms with Crippen LogP contribution in [0.3, 0.4) is 0 Å². The maximum atomic E-state index is 14.6. The van der Waals surface area contributed by atoms with Gasteiger partial charge in [-0.3, -0.25) is 9.89 Å². The molecule has 4 heterocycles. The molecule has 0 bridgehead atoms. The second-order valence-electron chi connectivity index (χ2n) is 9.67. The zero-order valence-corrected chi connectivity index (χ0v) is 20.5. The predicted octanol–water partition coefficient (Wildman–Crippen LogP) is 4.30. The van der Waals surface area contributed by atoms with Gasteiger partial charge < -0.3 is 23.6 Å². The Hall–Kier alpha value is -3.76. The Morgan fingerprint density at radius 3 is 2.84 bits per heavy atom. The van der Waals surface area contributed by atoms with Crippen molar-refractivity contribution in [2.24, 2.45) is 5.41 Å². The molecule has 1 unspecified atom stereocenters. The van der Waals surface area contributed by atoms with E-state index in [9.17, 15) is 9.18 Å². The lowest BCUT2D eigenvalue weighted by Gasteiger charge is -2.22. The van der Waals surface area contributed by atoms with E-state index in [0.717, 1.165) is 44.7 Å². The maximum Gasteiger partial charge on any atom is 0.253 e. The van der Waals surface area contributed by atoms with E-state index in [0.29, 0.717) is 40.2 Å². The van der Waals surface area contributed by atoms with Crippen molar-refractivity contribution in [2.75, 3.05) is 46.6 Å². The number of hydrogen-bond acceptors (Lipinski definition) is 7. The SMILES string of the molecule is COCCOc1cc2[nH]nc(-c3cc(-c4ccc(C(=O)N5CCC6(CCOC6)C5)cc4)no3)c2cc1F. The highest BCUT2D eigenvalue weighted by molar-refractivity contribution is 5.95. The minimum Gasteiger partial charge on any atom is -0.488 e. The van der Waals surface area contributed by atoms with Gasteiger partial charge in [-0.15, -0.1) is 0 Å². The Kier molecular flexibility index (Phi) is 6.13. The number of likely N-dealkylation sites (tertiary alicyclic amines) is 1. The van der Waals surface area contributed by atoms with E-state index in [1.54, 1.807) is 19.2 Å². The molecule has 37 heavy (non-hydrogen) atoms. The van der Waals surface area contributed by atoms with Crippen LogP contribution in [0.5, 0.6) is 5.75 Å². The third kappa shape index (κ3) is 4.47. The van der Waals surface area contributed by atoms with Crippen molar-refractivity contribution < 1.29 is 27.9 Å². The van der Waals surface area contributed by atoms with Crippen molar-refractivity contribution in [1.29, 1.82) is 0 Å². The number of ether oxygens (including phenoxy) is 3. The number of hydrogen-bond donors (Lipinski definition) is 1. The number of carbonyl (C=O) groups excluding carboxylic acids is 1. The first-order valence-corrected chi connectivity index (χ1v) is 12.3. The molecule has 0 radical (unpaired) electrons. The smallest absolute Gasteiger partial charge is 0.253 e. The average Bonchev–Trinajstić information content (AvgIpc) is 3.72. The zero-order valence-electron chi connectivity index (χ0n) is 20.5. The lowest BCUT2D eigenvalue weighted by atomic mass is 9.87. The largest absolute Gasteiger partial charge is 0.488 e. The van der Waals surface area contributed by atoms with Gasteiger partial charge in [0.2, 0.25) is 0 Å². The fourth-order valence-electron chi connectivity index (χ4n) is 5.12. The lowest BCUT2D eigenvalue weighted by Crippen LogP contribution is -2.32. The number of rotatable bonds is 7.